The molecule has 0 radical (unpaired) electrons. The normalized spacial score (nSPS) is 24.5. The lowest BCUT2D eigenvalue weighted by Gasteiger charge is -2.28. The summed E-state index contributed by atoms with van der Waals surface area (Å²) >= 11 is 7.52. The van der Waals surface area contributed by atoms with E-state index in [1.165, 1.54) is 37.4 Å². The zero-order chi connectivity index (χ0) is 22.1. The van der Waals surface area contributed by atoms with Gasteiger partial charge in [-0.3, -0.25) is 14.3 Å². The van der Waals surface area contributed by atoms with E-state index in [0.717, 1.165) is 23.3 Å². The van der Waals surface area contributed by atoms with Gasteiger partial charge in [0.25, 0.3) is 0 Å². The number of rotatable bonds is 8. The van der Waals surface area contributed by atoms with Crippen LogP contribution in [0.4, 0.5) is 0 Å². The Labute approximate surface area is 194 Å². The number of hydrogen-bond donors (Lipinski definition) is 1. The van der Waals surface area contributed by atoms with Crippen LogP contribution in [0.1, 0.15) is 51.4 Å². The van der Waals surface area contributed by atoms with Gasteiger partial charge >= 0.3 is 0 Å². The van der Waals surface area contributed by atoms with Gasteiger partial charge in [-0.2, -0.15) is 0 Å². The molecule has 2 aliphatic rings. The number of halogens is 1. The van der Waals surface area contributed by atoms with E-state index in [-0.39, 0.29) is 18.0 Å². The molecule has 1 amide bonds. The van der Waals surface area contributed by atoms with E-state index in [1.54, 1.807) is 0 Å². The second-order valence-electron chi connectivity index (χ2n) is 9.28. The first-order chi connectivity index (χ1) is 14.8. The molecule has 2 aliphatic carbocycles. The molecule has 168 valence electrons. The molecule has 4 rings (SSSR count). The van der Waals surface area contributed by atoms with Crippen LogP contribution in [0.25, 0.3) is 5.69 Å². The highest BCUT2D eigenvalue weighted by Gasteiger charge is 2.42. The van der Waals surface area contributed by atoms with Crippen LogP contribution < -0.4 is 5.32 Å². The van der Waals surface area contributed by atoms with Crippen LogP contribution in [0.15, 0.2) is 29.4 Å². The summed E-state index contributed by atoms with van der Waals surface area (Å²) < 4.78 is 2.03. The number of carbonyl (C=O) groups is 1. The summed E-state index contributed by atoms with van der Waals surface area (Å²) in [6.07, 6.45) is 5.35. The van der Waals surface area contributed by atoms with Crippen molar-refractivity contribution in [1.82, 2.24) is 25.0 Å². The third-order valence-corrected chi connectivity index (χ3v) is 8.23. The average molecular weight is 462 g/mol. The zero-order valence-electron chi connectivity index (χ0n) is 18.7. The van der Waals surface area contributed by atoms with Gasteiger partial charge in [0.05, 0.1) is 11.8 Å². The fraction of sp³-hybridized carbons (Fsp3) is 0.609. The summed E-state index contributed by atoms with van der Waals surface area (Å²) in [5.74, 6) is 3.55. The van der Waals surface area contributed by atoms with Crippen LogP contribution in [0.5, 0.6) is 0 Å². The first-order valence-corrected chi connectivity index (χ1v) is 12.5. The number of hydrogen-bond acceptors (Lipinski definition) is 5. The molecule has 31 heavy (non-hydrogen) atoms. The Kier molecular flexibility index (Phi) is 6.94. The lowest BCUT2D eigenvalue weighted by Crippen LogP contribution is -2.40. The maximum Gasteiger partial charge on any atom is 0.230 e. The highest BCUT2D eigenvalue weighted by Crippen LogP contribution is 2.49. The number of benzene rings is 1. The third-order valence-electron chi connectivity index (χ3n) is 7.05. The predicted octanol–water partition coefficient (Wildman–Crippen LogP) is 4.58. The fourth-order valence-corrected chi connectivity index (χ4v) is 6.04. The van der Waals surface area contributed by atoms with Gasteiger partial charge in [-0.1, -0.05) is 29.8 Å². The predicted molar refractivity (Wildman–Crippen MR) is 126 cm³/mol. The average Bonchev–Trinajstić information content (AvgIpc) is 3.47. The monoisotopic (exact) mass is 461 g/mol. The second-order valence-corrected chi connectivity index (χ2v) is 10.7. The molecule has 1 aromatic carbocycles. The quantitative estimate of drug-likeness (QED) is 0.583. The Balaban J connectivity index is 1.45. The molecule has 1 N–H and O–H groups in total. The number of aromatic nitrogens is 3. The Bertz CT molecular complexity index is 915. The molecule has 2 saturated carbocycles. The molecule has 2 bridgehead atoms. The Morgan fingerprint density at radius 3 is 2.58 bits per heavy atom. The summed E-state index contributed by atoms with van der Waals surface area (Å²) in [7, 11) is 4.03. The van der Waals surface area contributed by atoms with Crippen molar-refractivity contribution in [2.75, 3.05) is 19.8 Å². The van der Waals surface area contributed by atoms with Crippen LogP contribution in [-0.4, -0.2) is 51.5 Å². The molecule has 1 aromatic heterocycles. The van der Waals surface area contributed by atoms with Crippen molar-refractivity contribution in [2.24, 2.45) is 17.8 Å². The van der Waals surface area contributed by atoms with Gasteiger partial charge in [0.15, 0.2) is 11.0 Å². The van der Waals surface area contributed by atoms with Crippen LogP contribution >= 0.6 is 23.4 Å². The Morgan fingerprint density at radius 2 is 1.97 bits per heavy atom. The highest BCUT2D eigenvalue weighted by molar-refractivity contribution is 7.99. The standard InChI is InChI=1S/C23H32ClN5OS/c1-14(20-12-16-5-6-17(20)11-16)25-21(30)13-31-23-27-26-22(15(2)28(3)4)29(23)19-9-7-18(24)8-10-19/h7-10,14-17,20H,5-6,11-13H2,1-4H3,(H,25,30). The number of thioether (sulfide) groups is 1. The molecule has 0 aliphatic heterocycles. The van der Waals surface area contributed by atoms with E-state index in [1.807, 2.05) is 42.9 Å². The van der Waals surface area contributed by atoms with E-state index in [2.05, 4.69) is 34.3 Å². The van der Waals surface area contributed by atoms with Crippen LogP contribution in [0.3, 0.4) is 0 Å². The van der Waals surface area contributed by atoms with Crippen LogP contribution in [0.2, 0.25) is 5.02 Å². The minimum atomic E-state index is 0.0631. The zero-order valence-corrected chi connectivity index (χ0v) is 20.3. The van der Waals surface area contributed by atoms with E-state index < -0.39 is 0 Å². The minimum Gasteiger partial charge on any atom is -0.353 e. The largest absolute Gasteiger partial charge is 0.353 e. The smallest absolute Gasteiger partial charge is 0.230 e. The first kappa shape index (κ1) is 22.6. The Morgan fingerprint density at radius 1 is 1.23 bits per heavy atom. The van der Waals surface area contributed by atoms with Crippen molar-refractivity contribution in [3.05, 3.63) is 35.1 Å². The number of amides is 1. The number of nitrogens with zero attached hydrogens (tertiary/aromatic N) is 4. The molecule has 5 atom stereocenters. The summed E-state index contributed by atoms with van der Waals surface area (Å²) in [5, 5.41) is 13.5. The molecular weight excluding hydrogens is 430 g/mol. The topological polar surface area (TPSA) is 63.1 Å². The summed E-state index contributed by atoms with van der Waals surface area (Å²) in [6.45, 7) is 4.26. The molecule has 2 aromatic rings. The van der Waals surface area contributed by atoms with Crippen LogP contribution in [0, 0.1) is 17.8 Å². The molecule has 1 heterocycles. The Hall–Kier alpha value is -1.57. The van der Waals surface area contributed by atoms with Gasteiger partial charge in [-0.25, -0.2) is 0 Å². The summed E-state index contributed by atoms with van der Waals surface area (Å²) in [5.41, 5.74) is 0.941. The van der Waals surface area contributed by atoms with Crippen molar-refractivity contribution in [2.45, 2.75) is 56.8 Å². The van der Waals surface area contributed by atoms with E-state index in [0.29, 0.717) is 21.8 Å². The summed E-state index contributed by atoms with van der Waals surface area (Å²) in [6, 6.07) is 7.95. The van der Waals surface area contributed by atoms with E-state index >= 15 is 0 Å². The minimum absolute atomic E-state index is 0.0631. The van der Waals surface area contributed by atoms with Gasteiger partial charge in [-0.15, -0.1) is 10.2 Å². The highest BCUT2D eigenvalue weighted by atomic mass is 35.5. The molecule has 8 heteroatoms. The van der Waals surface area contributed by atoms with Crippen molar-refractivity contribution in [3.8, 4) is 5.69 Å². The molecule has 2 fully saturated rings. The molecule has 0 spiro atoms. The maximum atomic E-state index is 12.7. The van der Waals surface area contributed by atoms with Crippen molar-refractivity contribution >= 4 is 29.3 Å². The van der Waals surface area contributed by atoms with E-state index in [9.17, 15) is 4.79 Å². The molecule has 5 unspecified atom stereocenters. The van der Waals surface area contributed by atoms with Gasteiger partial charge in [0.2, 0.25) is 5.91 Å². The third kappa shape index (κ3) is 4.94. The fourth-order valence-electron chi connectivity index (χ4n) is 5.15. The van der Waals surface area contributed by atoms with Crippen molar-refractivity contribution in [1.29, 1.82) is 0 Å². The van der Waals surface area contributed by atoms with Gasteiger partial charge < -0.3 is 5.32 Å². The van der Waals surface area contributed by atoms with Crippen molar-refractivity contribution in [3.63, 3.8) is 0 Å². The first-order valence-electron chi connectivity index (χ1n) is 11.1. The maximum absolute atomic E-state index is 12.7. The van der Waals surface area contributed by atoms with Gasteiger partial charge in [0, 0.05) is 16.8 Å². The lowest BCUT2D eigenvalue weighted by atomic mass is 9.84. The number of fused-ring (bicyclic) bond motifs is 2. The van der Waals surface area contributed by atoms with Crippen molar-refractivity contribution < 1.29 is 4.79 Å². The molecule has 0 saturated heterocycles. The molecular formula is C23H32ClN5OS. The van der Waals surface area contributed by atoms with Crippen LogP contribution in [-0.2, 0) is 4.79 Å². The molecule has 6 nitrogen and oxygen atoms in total. The number of nitrogens with one attached hydrogen (secondary N) is 1. The van der Waals surface area contributed by atoms with E-state index in [4.69, 9.17) is 11.6 Å². The number of carbonyl (C=O) groups excluding carboxylic acids is 1. The lowest BCUT2D eigenvalue weighted by molar-refractivity contribution is -0.119. The van der Waals surface area contributed by atoms with Gasteiger partial charge in [0.1, 0.15) is 0 Å². The second kappa shape index (κ2) is 9.51. The summed E-state index contributed by atoms with van der Waals surface area (Å²) in [4.78, 5) is 14.8. The van der Waals surface area contributed by atoms with Gasteiger partial charge in [-0.05, 0) is 89.2 Å². The SMILES string of the molecule is CC(NC(=O)CSc1nnc(C(C)N(C)C)n1-c1ccc(Cl)cc1)C1CC2CCC1C2.